The van der Waals surface area contributed by atoms with E-state index in [0.29, 0.717) is 31.6 Å². The average molecular weight is 433 g/mol. The lowest BCUT2D eigenvalue weighted by molar-refractivity contribution is -0.144. The molecule has 1 rings (SSSR count). The largest absolute Gasteiger partial charge is 0.466 e. The number of aldehydes is 1. The van der Waals surface area contributed by atoms with Crippen molar-refractivity contribution in [3.63, 3.8) is 0 Å². The third-order valence-corrected chi connectivity index (χ3v) is 5.25. The molecule has 0 unspecified atom stereocenters. The molecule has 0 saturated carbocycles. The first kappa shape index (κ1) is 26.9. The molecule has 0 atom stereocenters. The van der Waals surface area contributed by atoms with Crippen LogP contribution in [0, 0.1) is 0 Å². The van der Waals surface area contributed by atoms with E-state index in [4.69, 9.17) is 9.47 Å². The Kier molecular flexibility index (Phi) is 16.1. The number of carbonyl (C=O) groups is 3. The van der Waals surface area contributed by atoms with Crippen LogP contribution in [-0.4, -0.2) is 24.8 Å². The van der Waals surface area contributed by atoms with E-state index in [2.05, 4.69) is 6.92 Å². The summed E-state index contributed by atoms with van der Waals surface area (Å²) < 4.78 is 10.6. The minimum absolute atomic E-state index is 0.0891. The molecular formula is C26H40O5. The fraction of sp³-hybridized carbons (Fsp3) is 0.654. The number of hydrogen-bond acceptors (Lipinski definition) is 5. The maximum absolute atomic E-state index is 11.9. The summed E-state index contributed by atoms with van der Waals surface area (Å²) in [7, 11) is 0. The van der Waals surface area contributed by atoms with Crippen molar-refractivity contribution < 1.29 is 23.9 Å². The summed E-state index contributed by atoms with van der Waals surface area (Å²) in [5.41, 5.74) is 0.900. The molecule has 0 radical (unpaired) electrons. The Hall–Kier alpha value is -2.17. The predicted octanol–water partition coefficient (Wildman–Crippen LogP) is 6.36. The summed E-state index contributed by atoms with van der Waals surface area (Å²) in [5.74, 6) is 0.181. The summed E-state index contributed by atoms with van der Waals surface area (Å²) in [4.78, 5) is 34.1. The van der Waals surface area contributed by atoms with E-state index in [9.17, 15) is 14.4 Å². The third-order valence-electron chi connectivity index (χ3n) is 5.25. The van der Waals surface area contributed by atoms with Gasteiger partial charge < -0.3 is 14.3 Å². The number of ether oxygens (including phenoxy) is 2. The van der Waals surface area contributed by atoms with Crippen LogP contribution >= 0.6 is 0 Å². The van der Waals surface area contributed by atoms with Crippen molar-refractivity contribution in [3.8, 4) is 5.75 Å². The molecule has 0 N–H and O–H groups in total. The van der Waals surface area contributed by atoms with Gasteiger partial charge in [-0.1, -0.05) is 76.8 Å². The van der Waals surface area contributed by atoms with Gasteiger partial charge in [-0.25, -0.2) is 0 Å². The Bertz CT molecular complexity index is 609. The van der Waals surface area contributed by atoms with Gasteiger partial charge in [-0.15, -0.1) is 0 Å². The summed E-state index contributed by atoms with van der Waals surface area (Å²) in [6.45, 7) is 2.77. The molecule has 0 heterocycles. The molecule has 0 saturated heterocycles. The van der Waals surface area contributed by atoms with Gasteiger partial charge in [0.05, 0.1) is 6.61 Å². The molecule has 1 aromatic carbocycles. The molecule has 174 valence electrons. The van der Waals surface area contributed by atoms with Crippen LogP contribution < -0.4 is 4.74 Å². The van der Waals surface area contributed by atoms with Gasteiger partial charge in [-0.3, -0.25) is 9.59 Å². The van der Waals surface area contributed by atoms with Crippen LogP contribution in [0.15, 0.2) is 24.3 Å². The van der Waals surface area contributed by atoms with E-state index >= 15 is 0 Å². The lowest BCUT2D eigenvalue weighted by atomic mass is 10.1. The fourth-order valence-electron chi connectivity index (χ4n) is 3.36. The molecule has 31 heavy (non-hydrogen) atoms. The molecule has 0 fully saturated rings. The number of benzene rings is 1. The highest BCUT2D eigenvalue weighted by Gasteiger charge is 2.06. The van der Waals surface area contributed by atoms with Crippen LogP contribution in [0.3, 0.4) is 0 Å². The third kappa shape index (κ3) is 15.3. The predicted molar refractivity (Wildman–Crippen MR) is 123 cm³/mol. The number of unbranched alkanes of at least 4 members (excludes halogenated alkanes) is 10. The zero-order valence-corrected chi connectivity index (χ0v) is 19.2. The number of hydrogen-bond donors (Lipinski definition) is 0. The maximum Gasteiger partial charge on any atom is 0.311 e. The first-order valence-corrected chi connectivity index (χ1v) is 12.0. The van der Waals surface area contributed by atoms with Crippen molar-refractivity contribution >= 4 is 18.2 Å². The second-order valence-corrected chi connectivity index (χ2v) is 8.10. The number of carbonyl (C=O) groups excluding carboxylic acids is 3. The van der Waals surface area contributed by atoms with Gasteiger partial charge in [-0.2, -0.15) is 0 Å². The molecule has 0 spiro atoms. The molecule has 1 aromatic rings. The van der Waals surface area contributed by atoms with Gasteiger partial charge in [-0.05, 0) is 37.0 Å². The van der Waals surface area contributed by atoms with E-state index in [1.54, 1.807) is 24.3 Å². The first-order chi connectivity index (χ1) is 15.2. The van der Waals surface area contributed by atoms with Gasteiger partial charge >= 0.3 is 11.9 Å². The van der Waals surface area contributed by atoms with Crippen LogP contribution in [0.2, 0.25) is 0 Å². The lowest BCUT2D eigenvalue weighted by Crippen LogP contribution is -2.07. The normalized spacial score (nSPS) is 10.6. The molecule has 0 amide bonds. The van der Waals surface area contributed by atoms with E-state index < -0.39 is 0 Å². The van der Waals surface area contributed by atoms with Gasteiger partial charge in [0, 0.05) is 19.3 Å². The highest BCUT2D eigenvalue weighted by molar-refractivity contribution is 5.72. The van der Waals surface area contributed by atoms with Gasteiger partial charge in [0.15, 0.2) is 0 Å². The van der Waals surface area contributed by atoms with Crippen LogP contribution in [-0.2, 0) is 25.5 Å². The lowest BCUT2D eigenvalue weighted by Gasteiger charge is -2.06. The smallest absolute Gasteiger partial charge is 0.311 e. The Morgan fingerprint density at radius 3 is 1.90 bits per heavy atom. The van der Waals surface area contributed by atoms with Crippen molar-refractivity contribution in [2.24, 2.45) is 0 Å². The Labute approximate surface area is 187 Å². The highest BCUT2D eigenvalue weighted by atomic mass is 16.5. The summed E-state index contributed by atoms with van der Waals surface area (Å²) in [6.07, 6.45) is 15.2. The van der Waals surface area contributed by atoms with Crippen molar-refractivity contribution in [1.29, 1.82) is 0 Å². The van der Waals surface area contributed by atoms with Gasteiger partial charge in [0.1, 0.15) is 12.0 Å². The molecule has 0 bridgehead atoms. The second kappa shape index (κ2) is 18.6. The Balaban J connectivity index is 1.92. The molecule has 0 aromatic heterocycles. The van der Waals surface area contributed by atoms with Crippen molar-refractivity contribution in [1.82, 2.24) is 0 Å². The SMILES string of the molecule is CCCCCCCCCOC(=O)CCCCCCCC(=O)Oc1ccc(CC=O)cc1. The Morgan fingerprint density at radius 2 is 1.29 bits per heavy atom. The molecular weight excluding hydrogens is 392 g/mol. The van der Waals surface area contributed by atoms with Crippen molar-refractivity contribution in [3.05, 3.63) is 29.8 Å². The zero-order chi connectivity index (χ0) is 22.6. The highest BCUT2D eigenvalue weighted by Crippen LogP contribution is 2.14. The van der Waals surface area contributed by atoms with Gasteiger partial charge in [0.25, 0.3) is 0 Å². The zero-order valence-electron chi connectivity index (χ0n) is 19.2. The minimum Gasteiger partial charge on any atom is -0.466 e. The van der Waals surface area contributed by atoms with Crippen LogP contribution in [0.1, 0.15) is 102 Å². The second-order valence-electron chi connectivity index (χ2n) is 8.10. The Morgan fingerprint density at radius 1 is 0.742 bits per heavy atom. The fourth-order valence-corrected chi connectivity index (χ4v) is 3.36. The van der Waals surface area contributed by atoms with Crippen LogP contribution in [0.4, 0.5) is 0 Å². The van der Waals surface area contributed by atoms with E-state index in [0.717, 1.165) is 56.8 Å². The summed E-state index contributed by atoms with van der Waals surface area (Å²) in [6, 6.07) is 7.00. The molecule has 5 heteroatoms. The molecule has 0 aliphatic rings. The van der Waals surface area contributed by atoms with Crippen molar-refractivity contribution in [2.45, 2.75) is 103 Å². The minimum atomic E-state index is -0.239. The average Bonchev–Trinajstić information content (AvgIpc) is 2.76. The monoisotopic (exact) mass is 432 g/mol. The van der Waals surface area contributed by atoms with Crippen LogP contribution in [0.25, 0.3) is 0 Å². The molecule has 0 aliphatic carbocycles. The maximum atomic E-state index is 11.9. The molecule has 5 nitrogen and oxygen atoms in total. The van der Waals surface area contributed by atoms with Crippen LogP contribution in [0.5, 0.6) is 5.75 Å². The quantitative estimate of drug-likeness (QED) is 0.110. The van der Waals surface area contributed by atoms with E-state index in [1.807, 2.05) is 0 Å². The summed E-state index contributed by atoms with van der Waals surface area (Å²) >= 11 is 0. The van der Waals surface area contributed by atoms with E-state index in [-0.39, 0.29) is 11.9 Å². The van der Waals surface area contributed by atoms with Gasteiger partial charge in [0.2, 0.25) is 0 Å². The number of esters is 2. The number of rotatable bonds is 19. The summed E-state index contributed by atoms with van der Waals surface area (Å²) in [5, 5.41) is 0. The first-order valence-electron chi connectivity index (χ1n) is 12.0. The van der Waals surface area contributed by atoms with Crippen molar-refractivity contribution in [2.75, 3.05) is 6.61 Å². The van der Waals surface area contributed by atoms with E-state index in [1.165, 1.54) is 32.1 Å². The topological polar surface area (TPSA) is 69.7 Å². The standard InChI is InChI=1S/C26H40O5/c1-2-3-4-5-6-10-13-22-30-25(28)14-11-8-7-9-12-15-26(29)31-24-18-16-23(17-19-24)20-21-27/h16-19,21H,2-15,20,22H2,1H3. The molecule has 0 aliphatic heterocycles.